The van der Waals surface area contributed by atoms with Crippen molar-refractivity contribution in [2.75, 3.05) is 5.75 Å². The monoisotopic (exact) mass is 322 g/mol. The van der Waals surface area contributed by atoms with Gasteiger partial charge in [-0.1, -0.05) is 42.4 Å². The second kappa shape index (κ2) is 6.62. The number of aromatic nitrogens is 1. The summed E-state index contributed by atoms with van der Waals surface area (Å²) in [7, 11) is -3.41. The van der Waals surface area contributed by atoms with Crippen LogP contribution in [0.3, 0.4) is 0 Å². The first-order chi connectivity index (χ1) is 10.3. The Morgan fingerprint density at radius 2 is 1.82 bits per heavy atom. The average Bonchev–Trinajstić information content (AvgIpc) is 2.78. The summed E-state index contributed by atoms with van der Waals surface area (Å²) in [6, 6.07) is 9.27. The van der Waals surface area contributed by atoms with Crippen LogP contribution in [0, 0.1) is 13.8 Å². The van der Waals surface area contributed by atoms with Crippen LogP contribution in [0.25, 0.3) is 0 Å². The maximum absolute atomic E-state index is 12.4. The summed E-state index contributed by atoms with van der Waals surface area (Å²) in [6.07, 6.45) is 0. The zero-order valence-corrected chi connectivity index (χ0v) is 14.1. The summed E-state index contributed by atoms with van der Waals surface area (Å²) in [4.78, 5) is 0. The summed E-state index contributed by atoms with van der Waals surface area (Å²) in [5.74, 6) is 0.615. The van der Waals surface area contributed by atoms with E-state index in [1.54, 1.807) is 13.8 Å². The maximum atomic E-state index is 12.4. The Morgan fingerprint density at radius 1 is 1.18 bits per heavy atom. The van der Waals surface area contributed by atoms with Gasteiger partial charge in [-0.3, -0.25) is 0 Å². The second-order valence-electron chi connectivity index (χ2n) is 5.67. The van der Waals surface area contributed by atoms with E-state index in [9.17, 15) is 8.42 Å². The Kier molecular flexibility index (Phi) is 5.03. The van der Waals surface area contributed by atoms with Crippen molar-refractivity contribution in [3.63, 3.8) is 0 Å². The lowest BCUT2D eigenvalue weighted by Gasteiger charge is -2.17. The lowest BCUT2D eigenvalue weighted by molar-refractivity contribution is 0.391. The van der Waals surface area contributed by atoms with Gasteiger partial charge in [0.1, 0.15) is 5.76 Å². The number of aryl methyl sites for hydroxylation is 2. The average molecular weight is 322 g/mol. The number of hydrogen-bond donors (Lipinski definition) is 1. The van der Waals surface area contributed by atoms with Gasteiger partial charge in [-0.2, -0.15) is 0 Å². The van der Waals surface area contributed by atoms with Gasteiger partial charge < -0.3 is 4.52 Å². The van der Waals surface area contributed by atoms with Crippen molar-refractivity contribution in [2.45, 2.75) is 39.7 Å². The van der Waals surface area contributed by atoms with E-state index in [1.807, 2.05) is 44.2 Å². The number of sulfonamides is 1. The molecular weight excluding hydrogens is 300 g/mol. The standard InChI is InChI=1S/C16H22N2O3S/c1-11(15-8-6-5-7-9-15)10-22(19,20)18-13(3)16-12(2)17-21-14(16)4/h5-9,11,13,18H,10H2,1-4H3/t11-,13+/m0/s1. The molecule has 0 unspecified atom stereocenters. The van der Waals surface area contributed by atoms with Crippen molar-refractivity contribution in [3.05, 3.63) is 52.9 Å². The van der Waals surface area contributed by atoms with Crippen LogP contribution in [0.15, 0.2) is 34.9 Å². The van der Waals surface area contributed by atoms with Crippen LogP contribution in [-0.4, -0.2) is 19.3 Å². The highest BCUT2D eigenvalue weighted by molar-refractivity contribution is 7.89. The Morgan fingerprint density at radius 3 is 2.36 bits per heavy atom. The van der Waals surface area contributed by atoms with Gasteiger partial charge in [0.15, 0.2) is 0 Å². The van der Waals surface area contributed by atoms with Crippen LogP contribution in [0.1, 0.15) is 48.4 Å². The molecule has 0 aliphatic carbocycles. The zero-order valence-electron chi connectivity index (χ0n) is 13.3. The smallest absolute Gasteiger partial charge is 0.212 e. The zero-order chi connectivity index (χ0) is 16.3. The topological polar surface area (TPSA) is 72.2 Å². The number of benzene rings is 1. The molecule has 1 N–H and O–H groups in total. The number of nitrogens with one attached hydrogen (secondary N) is 1. The Hall–Kier alpha value is -1.66. The van der Waals surface area contributed by atoms with Crippen molar-refractivity contribution >= 4 is 10.0 Å². The van der Waals surface area contributed by atoms with E-state index in [2.05, 4.69) is 9.88 Å². The van der Waals surface area contributed by atoms with Gasteiger partial charge in [0, 0.05) is 11.6 Å². The number of nitrogens with zero attached hydrogens (tertiary/aromatic N) is 1. The second-order valence-corrected chi connectivity index (χ2v) is 7.47. The highest BCUT2D eigenvalue weighted by Crippen LogP contribution is 2.23. The third-order valence-electron chi connectivity index (χ3n) is 3.72. The summed E-state index contributed by atoms with van der Waals surface area (Å²) >= 11 is 0. The Bertz CT molecular complexity index is 704. The molecule has 0 saturated heterocycles. The molecule has 0 saturated carbocycles. The molecule has 1 heterocycles. The lowest BCUT2D eigenvalue weighted by atomic mass is 10.0. The number of hydrogen-bond acceptors (Lipinski definition) is 4. The van der Waals surface area contributed by atoms with E-state index in [0.29, 0.717) is 11.5 Å². The molecule has 5 nitrogen and oxygen atoms in total. The van der Waals surface area contributed by atoms with Gasteiger partial charge in [-0.15, -0.1) is 0 Å². The molecule has 1 aromatic heterocycles. The fraction of sp³-hybridized carbons (Fsp3) is 0.438. The SMILES string of the molecule is Cc1noc(C)c1[C@@H](C)NS(=O)(=O)C[C@H](C)c1ccccc1. The normalized spacial score (nSPS) is 14.7. The minimum atomic E-state index is -3.41. The summed E-state index contributed by atoms with van der Waals surface area (Å²) in [6.45, 7) is 7.31. The Balaban J connectivity index is 2.08. The van der Waals surface area contributed by atoms with Gasteiger partial charge in [0.25, 0.3) is 0 Å². The van der Waals surface area contributed by atoms with E-state index in [1.165, 1.54) is 0 Å². The van der Waals surface area contributed by atoms with E-state index in [-0.39, 0.29) is 17.7 Å². The molecule has 6 heteroatoms. The van der Waals surface area contributed by atoms with Crippen molar-refractivity contribution < 1.29 is 12.9 Å². The minimum absolute atomic E-state index is 0.0464. The molecule has 0 aliphatic rings. The van der Waals surface area contributed by atoms with E-state index < -0.39 is 10.0 Å². The molecular formula is C16H22N2O3S. The van der Waals surface area contributed by atoms with Crippen molar-refractivity contribution in [2.24, 2.45) is 0 Å². The van der Waals surface area contributed by atoms with Crippen LogP contribution in [0.2, 0.25) is 0 Å². The molecule has 0 spiro atoms. The first-order valence-corrected chi connectivity index (χ1v) is 8.93. The molecule has 2 rings (SSSR count). The molecule has 0 aliphatic heterocycles. The molecule has 1 aromatic carbocycles. The highest BCUT2D eigenvalue weighted by Gasteiger charge is 2.23. The third kappa shape index (κ3) is 3.96. The third-order valence-corrected chi connectivity index (χ3v) is 5.37. The van der Waals surface area contributed by atoms with Crippen LogP contribution < -0.4 is 4.72 Å². The predicted molar refractivity (Wildman–Crippen MR) is 86.2 cm³/mol. The molecule has 2 aromatic rings. The van der Waals surface area contributed by atoms with Crippen LogP contribution in [0.5, 0.6) is 0 Å². The van der Waals surface area contributed by atoms with E-state index in [4.69, 9.17) is 4.52 Å². The fourth-order valence-corrected chi connectivity index (χ4v) is 4.30. The van der Waals surface area contributed by atoms with Crippen LogP contribution in [0.4, 0.5) is 0 Å². The summed E-state index contributed by atoms with van der Waals surface area (Å²) in [5, 5.41) is 3.87. The first kappa shape index (κ1) is 16.7. The van der Waals surface area contributed by atoms with E-state index >= 15 is 0 Å². The van der Waals surface area contributed by atoms with Crippen molar-refractivity contribution in [1.29, 1.82) is 0 Å². The van der Waals surface area contributed by atoms with Crippen molar-refractivity contribution in [3.8, 4) is 0 Å². The summed E-state index contributed by atoms with van der Waals surface area (Å²) in [5.41, 5.74) is 2.53. The molecule has 0 bridgehead atoms. The van der Waals surface area contributed by atoms with Gasteiger partial charge in [0.2, 0.25) is 10.0 Å². The molecule has 2 atom stereocenters. The van der Waals surface area contributed by atoms with Gasteiger partial charge in [0.05, 0.1) is 11.4 Å². The van der Waals surface area contributed by atoms with Gasteiger partial charge >= 0.3 is 0 Å². The molecule has 0 amide bonds. The minimum Gasteiger partial charge on any atom is -0.361 e. The molecule has 22 heavy (non-hydrogen) atoms. The quantitative estimate of drug-likeness (QED) is 0.887. The van der Waals surface area contributed by atoms with Gasteiger partial charge in [-0.25, -0.2) is 13.1 Å². The largest absolute Gasteiger partial charge is 0.361 e. The highest BCUT2D eigenvalue weighted by atomic mass is 32.2. The van der Waals surface area contributed by atoms with E-state index in [0.717, 1.165) is 11.1 Å². The lowest BCUT2D eigenvalue weighted by Crippen LogP contribution is -2.31. The Labute approximate surface area is 131 Å². The fourth-order valence-electron chi connectivity index (χ4n) is 2.69. The van der Waals surface area contributed by atoms with Crippen LogP contribution in [-0.2, 0) is 10.0 Å². The molecule has 0 fully saturated rings. The number of rotatable bonds is 6. The first-order valence-electron chi connectivity index (χ1n) is 7.28. The summed E-state index contributed by atoms with van der Waals surface area (Å²) < 4.78 is 32.6. The van der Waals surface area contributed by atoms with Gasteiger partial charge in [-0.05, 0) is 32.3 Å². The predicted octanol–water partition coefficient (Wildman–Crippen LogP) is 3.08. The molecule has 120 valence electrons. The molecule has 0 radical (unpaired) electrons. The maximum Gasteiger partial charge on any atom is 0.212 e. The van der Waals surface area contributed by atoms with Crippen molar-refractivity contribution in [1.82, 2.24) is 9.88 Å². The van der Waals surface area contributed by atoms with Crippen LogP contribution >= 0.6 is 0 Å².